The summed E-state index contributed by atoms with van der Waals surface area (Å²) in [5.41, 5.74) is -0.886. The van der Waals surface area contributed by atoms with E-state index in [-0.39, 0.29) is 38.1 Å². The van der Waals surface area contributed by atoms with Crippen molar-refractivity contribution in [2.24, 2.45) is 0 Å². The van der Waals surface area contributed by atoms with Gasteiger partial charge in [-0.25, -0.2) is 0 Å². The molecule has 1 heterocycles. The summed E-state index contributed by atoms with van der Waals surface area (Å²) in [5.74, 6) is -0.244. The Bertz CT molecular complexity index is 1570. The molecule has 0 amide bonds. The molecule has 0 radical (unpaired) electrons. The summed E-state index contributed by atoms with van der Waals surface area (Å²) in [6.45, 7) is 0. The van der Waals surface area contributed by atoms with Crippen molar-refractivity contribution in [3.63, 3.8) is 0 Å². The van der Waals surface area contributed by atoms with E-state index in [0.29, 0.717) is 0 Å². The number of hydrogen-bond acceptors (Lipinski definition) is 7. The fourth-order valence-electron chi connectivity index (χ4n) is 3.34. The first-order valence-electron chi connectivity index (χ1n) is 8.35. The lowest BCUT2D eigenvalue weighted by atomic mass is 9.93. The van der Waals surface area contributed by atoms with E-state index in [2.05, 4.69) is 15.9 Å². The Morgan fingerprint density at radius 2 is 1.42 bits per heavy atom. The molecule has 0 bridgehead atoms. The summed E-state index contributed by atoms with van der Waals surface area (Å²) in [5, 5.41) is 9.98. The summed E-state index contributed by atoms with van der Waals surface area (Å²) in [6.07, 6.45) is 0. The van der Waals surface area contributed by atoms with Crippen LogP contribution in [0.15, 0.2) is 72.0 Å². The molecule has 2 aliphatic rings. The SMILES string of the molecule is O=c1ccc2c(-c3c(S(=O)(=O)O)cc(Br)cc3S(=O)(=O)O)c3ccc(O)cc3oc-2c1. The van der Waals surface area contributed by atoms with Crippen LogP contribution in [0, 0.1) is 0 Å². The van der Waals surface area contributed by atoms with Crippen molar-refractivity contribution < 1.29 is 35.5 Å². The summed E-state index contributed by atoms with van der Waals surface area (Å²) >= 11 is 2.98. The lowest BCUT2D eigenvalue weighted by molar-refractivity contribution is 0.473. The monoisotopic (exact) mass is 526 g/mol. The Hall–Kier alpha value is -2.77. The van der Waals surface area contributed by atoms with Gasteiger partial charge in [-0.3, -0.25) is 13.9 Å². The van der Waals surface area contributed by atoms with Crippen LogP contribution in [0.25, 0.3) is 33.4 Å². The van der Waals surface area contributed by atoms with E-state index < -0.39 is 41.0 Å². The highest BCUT2D eigenvalue weighted by molar-refractivity contribution is 9.10. The second kappa shape index (κ2) is 7.14. The Kier molecular flexibility index (Phi) is 4.94. The Labute approximate surface area is 183 Å². The molecule has 0 unspecified atom stereocenters. The second-order valence-corrected chi connectivity index (χ2v) is 10.2. The largest absolute Gasteiger partial charge is 0.508 e. The number of rotatable bonds is 3. The van der Waals surface area contributed by atoms with Gasteiger partial charge in [-0.05, 0) is 36.4 Å². The third-order valence-corrected chi connectivity index (χ3v) is 6.73. The Balaban J connectivity index is 2.37. The molecule has 0 saturated heterocycles. The van der Waals surface area contributed by atoms with Crippen molar-refractivity contribution in [1.82, 2.24) is 0 Å². The molecule has 0 aromatic heterocycles. The lowest BCUT2D eigenvalue weighted by Gasteiger charge is -2.19. The van der Waals surface area contributed by atoms with Crippen molar-refractivity contribution in [3.8, 4) is 28.2 Å². The van der Waals surface area contributed by atoms with Gasteiger partial charge >= 0.3 is 0 Å². The van der Waals surface area contributed by atoms with Crippen LogP contribution in [-0.2, 0) is 20.2 Å². The molecule has 1 aliphatic heterocycles. The van der Waals surface area contributed by atoms with Gasteiger partial charge in [0, 0.05) is 38.7 Å². The van der Waals surface area contributed by atoms with Gasteiger partial charge in [0.15, 0.2) is 5.43 Å². The topological polar surface area (TPSA) is 159 Å². The number of aromatic hydroxyl groups is 1. The predicted octanol–water partition coefficient (Wildman–Crippen LogP) is 3.53. The quantitative estimate of drug-likeness (QED) is 0.268. The van der Waals surface area contributed by atoms with Crippen molar-refractivity contribution in [2.45, 2.75) is 9.79 Å². The smallest absolute Gasteiger partial charge is 0.295 e. The molecule has 2 aromatic rings. The zero-order valence-corrected chi connectivity index (χ0v) is 18.3. The zero-order chi connectivity index (χ0) is 22.7. The minimum atomic E-state index is -4.99. The maximum atomic E-state index is 12.2. The average molecular weight is 527 g/mol. The van der Waals surface area contributed by atoms with Gasteiger partial charge in [-0.1, -0.05) is 15.9 Å². The van der Waals surface area contributed by atoms with Crippen LogP contribution < -0.4 is 5.43 Å². The maximum Gasteiger partial charge on any atom is 0.295 e. The summed E-state index contributed by atoms with van der Waals surface area (Å²) < 4.78 is 74.0. The fraction of sp³-hybridized carbons (Fsp3) is 0. The van der Waals surface area contributed by atoms with Crippen LogP contribution in [0.3, 0.4) is 0 Å². The van der Waals surface area contributed by atoms with E-state index in [9.17, 15) is 35.8 Å². The van der Waals surface area contributed by atoms with Crippen LogP contribution in [0.5, 0.6) is 5.75 Å². The average Bonchev–Trinajstić information content (AvgIpc) is 2.64. The molecular formula is C19H11BrO9S2. The van der Waals surface area contributed by atoms with Crippen LogP contribution in [-0.4, -0.2) is 31.0 Å². The van der Waals surface area contributed by atoms with Crippen LogP contribution >= 0.6 is 15.9 Å². The second-order valence-electron chi connectivity index (χ2n) is 6.54. The van der Waals surface area contributed by atoms with Gasteiger partial charge < -0.3 is 9.52 Å². The number of hydrogen-bond donors (Lipinski definition) is 3. The van der Waals surface area contributed by atoms with E-state index >= 15 is 0 Å². The lowest BCUT2D eigenvalue weighted by Crippen LogP contribution is -2.09. The van der Waals surface area contributed by atoms with Crippen molar-refractivity contribution in [3.05, 3.63) is 63.2 Å². The van der Waals surface area contributed by atoms with Crippen LogP contribution in [0.4, 0.5) is 0 Å². The summed E-state index contributed by atoms with van der Waals surface area (Å²) in [7, 11) is -9.98. The van der Waals surface area contributed by atoms with E-state index in [0.717, 1.165) is 24.3 Å². The normalized spacial score (nSPS) is 12.5. The molecule has 4 rings (SSSR count). The van der Waals surface area contributed by atoms with E-state index in [1.807, 2.05) is 0 Å². The number of halogens is 1. The van der Waals surface area contributed by atoms with E-state index in [1.54, 1.807) is 0 Å². The van der Waals surface area contributed by atoms with Gasteiger partial charge in [0.25, 0.3) is 20.2 Å². The molecule has 31 heavy (non-hydrogen) atoms. The standard InChI is InChI=1S/C19H11BrO9S2/c20-9-5-16(30(23,24)25)19(17(6-9)31(26,27)28)18-12-3-1-10(21)7-14(12)29-15-8-11(22)2-4-13(15)18/h1-8,21H,(H,23,24,25)(H,26,27,28). The highest BCUT2D eigenvalue weighted by Gasteiger charge is 2.31. The molecule has 0 atom stereocenters. The number of phenolic OH excluding ortho intramolecular Hbond substituents is 1. The van der Waals surface area contributed by atoms with Crippen molar-refractivity contribution in [1.29, 1.82) is 0 Å². The fourth-order valence-corrected chi connectivity index (χ4v) is 5.66. The maximum absolute atomic E-state index is 12.2. The van der Waals surface area contributed by atoms with Gasteiger partial charge in [0.2, 0.25) is 0 Å². The van der Waals surface area contributed by atoms with Gasteiger partial charge in [0.05, 0.1) is 0 Å². The molecular weight excluding hydrogens is 516 g/mol. The molecule has 0 spiro atoms. The summed E-state index contributed by atoms with van der Waals surface area (Å²) in [4.78, 5) is 10.2. The van der Waals surface area contributed by atoms with Gasteiger partial charge in [0.1, 0.15) is 26.9 Å². The van der Waals surface area contributed by atoms with Crippen LogP contribution in [0.2, 0.25) is 0 Å². The van der Waals surface area contributed by atoms with Gasteiger partial charge in [-0.2, -0.15) is 16.8 Å². The molecule has 0 saturated carbocycles. The Morgan fingerprint density at radius 1 is 0.806 bits per heavy atom. The molecule has 9 nitrogen and oxygen atoms in total. The molecule has 3 N–H and O–H groups in total. The number of fused-ring (bicyclic) bond motifs is 2. The number of benzene rings is 3. The highest BCUT2D eigenvalue weighted by atomic mass is 79.9. The molecule has 12 heteroatoms. The van der Waals surface area contributed by atoms with Crippen LogP contribution in [0.1, 0.15) is 0 Å². The molecule has 0 fully saturated rings. The first kappa shape index (κ1) is 21.5. The zero-order valence-electron chi connectivity index (χ0n) is 15.1. The third kappa shape index (κ3) is 3.83. The van der Waals surface area contributed by atoms with Gasteiger partial charge in [-0.15, -0.1) is 0 Å². The molecule has 2 aromatic carbocycles. The minimum absolute atomic E-state index is 0.00130. The minimum Gasteiger partial charge on any atom is -0.508 e. The number of phenols is 1. The highest BCUT2D eigenvalue weighted by Crippen LogP contribution is 2.46. The summed E-state index contributed by atoms with van der Waals surface area (Å²) in [6, 6.07) is 9.30. The van der Waals surface area contributed by atoms with E-state index in [1.165, 1.54) is 24.3 Å². The van der Waals surface area contributed by atoms with Crippen molar-refractivity contribution >= 4 is 47.1 Å². The predicted molar refractivity (Wildman–Crippen MR) is 114 cm³/mol. The molecule has 1 aliphatic carbocycles. The molecule has 160 valence electrons. The Morgan fingerprint density at radius 3 is 2.00 bits per heavy atom. The first-order chi connectivity index (χ1) is 14.4. The van der Waals surface area contributed by atoms with Crippen molar-refractivity contribution in [2.75, 3.05) is 0 Å². The first-order valence-corrected chi connectivity index (χ1v) is 12.0. The van der Waals surface area contributed by atoms with E-state index in [4.69, 9.17) is 4.42 Å². The third-order valence-electron chi connectivity index (χ3n) is 4.51.